The van der Waals surface area contributed by atoms with E-state index in [1.165, 1.54) is 6.42 Å². The van der Waals surface area contributed by atoms with Gasteiger partial charge < -0.3 is 19.7 Å². The number of nitrogens with one attached hydrogen (secondary N) is 1. The number of carbonyl (C=O) groups excluding carboxylic acids is 1. The van der Waals surface area contributed by atoms with Crippen molar-refractivity contribution in [3.63, 3.8) is 0 Å². The zero-order chi connectivity index (χ0) is 17.5. The van der Waals surface area contributed by atoms with E-state index in [1.807, 2.05) is 24.0 Å². The van der Waals surface area contributed by atoms with Crippen LogP contribution in [-0.4, -0.2) is 65.6 Å². The van der Waals surface area contributed by atoms with Crippen molar-refractivity contribution >= 4 is 11.7 Å². The summed E-state index contributed by atoms with van der Waals surface area (Å²) >= 11 is 0. The van der Waals surface area contributed by atoms with Gasteiger partial charge in [0, 0.05) is 31.9 Å². The highest BCUT2D eigenvalue weighted by atomic mass is 16.5. The van der Waals surface area contributed by atoms with Crippen molar-refractivity contribution in [2.45, 2.75) is 57.3 Å². The molecule has 0 unspecified atom stereocenters. The molecule has 0 radical (unpaired) electrons. The van der Waals surface area contributed by atoms with E-state index in [2.05, 4.69) is 15.5 Å². The Morgan fingerprint density at radius 1 is 1.40 bits per heavy atom. The summed E-state index contributed by atoms with van der Waals surface area (Å²) in [6.07, 6.45) is 6.54. The normalized spacial score (nSPS) is 23.2. The fourth-order valence-corrected chi connectivity index (χ4v) is 3.35. The molecule has 0 aliphatic carbocycles. The van der Waals surface area contributed by atoms with Crippen LogP contribution in [0.3, 0.4) is 0 Å². The Morgan fingerprint density at radius 3 is 2.92 bits per heavy atom. The molecule has 1 aromatic rings. The van der Waals surface area contributed by atoms with E-state index in [4.69, 9.17) is 9.47 Å². The summed E-state index contributed by atoms with van der Waals surface area (Å²) < 4.78 is 11.4. The zero-order valence-corrected chi connectivity index (χ0v) is 14.9. The standard InChI is InChI=1S/C18H28N4O3/c1-14(25-13-16-5-2-3-12-24-16)18(23)22-10-7-15(8-11-22)20-17-6-4-9-19-21-17/h4,6,9,14-16H,2-3,5,7-8,10-13H2,1H3,(H,20,21)/t14-,16+/m0/s1. The fraction of sp³-hybridized carbons (Fsp3) is 0.722. The van der Waals surface area contributed by atoms with Crippen molar-refractivity contribution in [2.75, 3.05) is 31.6 Å². The highest BCUT2D eigenvalue weighted by Crippen LogP contribution is 2.17. The van der Waals surface area contributed by atoms with E-state index >= 15 is 0 Å². The van der Waals surface area contributed by atoms with Gasteiger partial charge in [-0.05, 0) is 51.2 Å². The number of hydrogen-bond donors (Lipinski definition) is 1. The van der Waals surface area contributed by atoms with Crippen molar-refractivity contribution in [2.24, 2.45) is 0 Å². The molecule has 0 spiro atoms. The molecule has 2 fully saturated rings. The maximum absolute atomic E-state index is 12.6. The minimum atomic E-state index is -0.407. The smallest absolute Gasteiger partial charge is 0.251 e. The molecule has 1 N–H and O–H groups in total. The Labute approximate surface area is 149 Å². The minimum Gasteiger partial charge on any atom is -0.376 e. The summed E-state index contributed by atoms with van der Waals surface area (Å²) in [5, 5.41) is 11.3. The lowest BCUT2D eigenvalue weighted by Gasteiger charge is -2.34. The largest absolute Gasteiger partial charge is 0.376 e. The van der Waals surface area contributed by atoms with Gasteiger partial charge in [-0.15, -0.1) is 5.10 Å². The Morgan fingerprint density at radius 2 is 2.24 bits per heavy atom. The molecule has 1 amide bonds. The number of piperidine rings is 1. The number of nitrogens with zero attached hydrogens (tertiary/aromatic N) is 3. The van der Waals surface area contributed by atoms with Crippen LogP contribution in [0.25, 0.3) is 0 Å². The van der Waals surface area contributed by atoms with Gasteiger partial charge in [-0.25, -0.2) is 0 Å². The van der Waals surface area contributed by atoms with Gasteiger partial charge in [0.1, 0.15) is 11.9 Å². The Balaban J connectivity index is 1.38. The van der Waals surface area contributed by atoms with Crippen LogP contribution in [-0.2, 0) is 14.3 Å². The first-order chi connectivity index (χ1) is 12.2. The molecule has 2 aliphatic rings. The molecule has 7 heteroatoms. The van der Waals surface area contributed by atoms with Gasteiger partial charge in [0.2, 0.25) is 0 Å². The molecule has 2 aliphatic heterocycles. The predicted molar refractivity (Wildman–Crippen MR) is 94.3 cm³/mol. The Bertz CT molecular complexity index is 528. The molecule has 25 heavy (non-hydrogen) atoms. The number of ether oxygens (including phenoxy) is 2. The van der Waals surface area contributed by atoms with Gasteiger partial charge in [-0.2, -0.15) is 5.10 Å². The van der Waals surface area contributed by atoms with Gasteiger partial charge in [-0.3, -0.25) is 4.79 Å². The highest BCUT2D eigenvalue weighted by Gasteiger charge is 2.27. The molecule has 2 saturated heterocycles. The first-order valence-electron chi connectivity index (χ1n) is 9.28. The van der Waals surface area contributed by atoms with Gasteiger partial charge >= 0.3 is 0 Å². The summed E-state index contributed by atoms with van der Waals surface area (Å²) in [6, 6.07) is 4.10. The third-order valence-corrected chi connectivity index (χ3v) is 4.88. The third kappa shape index (κ3) is 5.37. The molecule has 7 nitrogen and oxygen atoms in total. The topological polar surface area (TPSA) is 76.6 Å². The number of amides is 1. The molecule has 0 saturated carbocycles. The second-order valence-corrected chi connectivity index (χ2v) is 6.82. The first kappa shape index (κ1) is 18.1. The second-order valence-electron chi connectivity index (χ2n) is 6.82. The second kappa shape index (κ2) is 9.10. The quantitative estimate of drug-likeness (QED) is 0.845. The minimum absolute atomic E-state index is 0.0776. The number of likely N-dealkylation sites (tertiary alicyclic amines) is 1. The lowest BCUT2D eigenvalue weighted by atomic mass is 10.0. The van der Waals surface area contributed by atoms with E-state index in [1.54, 1.807) is 6.20 Å². The van der Waals surface area contributed by atoms with Crippen LogP contribution in [0.4, 0.5) is 5.82 Å². The van der Waals surface area contributed by atoms with Gasteiger partial charge in [-0.1, -0.05) is 0 Å². The Hall–Kier alpha value is -1.73. The van der Waals surface area contributed by atoms with Crippen LogP contribution in [0.2, 0.25) is 0 Å². The molecule has 3 heterocycles. The van der Waals surface area contributed by atoms with Crippen LogP contribution < -0.4 is 5.32 Å². The first-order valence-corrected chi connectivity index (χ1v) is 9.28. The number of hydrogen-bond acceptors (Lipinski definition) is 6. The Kier molecular flexibility index (Phi) is 6.58. The molecule has 2 atom stereocenters. The highest BCUT2D eigenvalue weighted by molar-refractivity contribution is 5.80. The van der Waals surface area contributed by atoms with Gasteiger partial charge in [0.05, 0.1) is 12.7 Å². The maximum atomic E-state index is 12.6. The van der Waals surface area contributed by atoms with Gasteiger partial charge in [0.15, 0.2) is 0 Å². The average molecular weight is 348 g/mol. The van der Waals surface area contributed by atoms with Crippen molar-refractivity contribution < 1.29 is 14.3 Å². The molecular formula is C18H28N4O3. The summed E-state index contributed by atoms with van der Waals surface area (Å²) in [7, 11) is 0. The molecule has 3 rings (SSSR count). The van der Waals surface area contributed by atoms with Crippen molar-refractivity contribution in [3.05, 3.63) is 18.3 Å². The summed E-state index contributed by atoms with van der Waals surface area (Å²) in [5.74, 6) is 0.866. The lowest BCUT2D eigenvalue weighted by molar-refractivity contribution is -0.147. The van der Waals surface area contributed by atoms with Crippen LogP contribution in [0.5, 0.6) is 0 Å². The van der Waals surface area contributed by atoms with E-state index in [-0.39, 0.29) is 12.0 Å². The SMILES string of the molecule is C[C@H](OC[C@H]1CCCCO1)C(=O)N1CCC(Nc2cccnn2)CC1. The molecule has 1 aromatic heterocycles. The monoisotopic (exact) mass is 348 g/mol. The maximum Gasteiger partial charge on any atom is 0.251 e. The third-order valence-electron chi connectivity index (χ3n) is 4.88. The predicted octanol–water partition coefficient (Wildman–Crippen LogP) is 1.85. The summed E-state index contributed by atoms with van der Waals surface area (Å²) in [5.41, 5.74) is 0. The van der Waals surface area contributed by atoms with Crippen molar-refractivity contribution in [3.8, 4) is 0 Å². The number of anilines is 1. The van der Waals surface area contributed by atoms with Crippen LogP contribution in [0.1, 0.15) is 39.0 Å². The molecule has 0 bridgehead atoms. The van der Waals surface area contributed by atoms with E-state index in [0.717, 1.165) is 51.2 Å². The van der Waals surface area contributed by atoms with E-state index in [0.29, 0.717) is 12.6 Å². The number of aromatic nitrogens is 2. The zero-order valence-electron chi connectivity index (χ0n) is 14.9. The molecule has 138 valence electrons. The fourth-order valence-electron chi connectivity index (χ4n) is 3.35. The number of carbonyl (C=O) groups is 1. The van der Waals surface area contributed by atoms with E-state index in [9.17, 15) is 4.79 Å². The summed E-state index contributed by atoms with van der Waals surface area (Å²) in [6.45, 7) is 4.64. The average Bonchev–Trinajstić information content (AvgIpc) is 2.68. The lowest BCUT2D eigenvalue weighted by Crippen LogP contribution is -2.46. The van der Waals surface area contributed by atoms with Crippen molar-refractivity contribution in [1.29, 1.82) is 0 Å². The van der Waals surface area contributed by atoms with Crippen LogP contribution in [0, 0.1) is 0 Å². The summed E-state index contributed by atoms with van der Waals surface area (Å²) in [4.78, 5) is 14.5. The molecular weight excluding hydrogens is 320 g/mol. The van der Waals surface area contributed by atoms with Crippen LogP contribution >= 0.6 is 0 Å². The van der Waals surface area contributed by atoms with E-state index < -0.39 is 6.10 Å². The number of rotatable bonds is 6. The van der Waals surface area contributed by atoms with Gasteiger partial charge in [0.25, 0.3) is 5.91 Å². The van der Waals surface area contributed by atoms with Crippen LogP contribution in [0.15, 0.2) is 18.3 Å². The molecule has 0 aromatic carbocycles. The van der Waals surface area contributed by atoms with Crippen molar-refractivity contribution in [1.82, 2.24) is 15.1 Å².